The monoisotopic (exact) mass is 599 g/mol. The molecule has 41 heavy (non-hydrogen) atoms. The van der Waals surface area contributed by atoms with E-state index in [1.165, 1.54) is 29.2 Å². The summed E-state index contributed by atoms with van der Waals surface area (Å²) in [5.74, 6) is -0.514. The van der Waals surface area contributed by atoms with Gasteiger partial charge in [0, 0.05) is 17.6 Å². The summed E-state index contributed by atoms with van der Waals surface area (Å²) in [5, 5.41) is 3.28. The van der Waals surface area contributed by atoms with Crippen molar-refractivity contribution in [2.24, 2.45) is 0 Å². The molecule has 3 aromatic carbocycles. The molecule has 0 aromatic heterocycles. The average Bonchev–Trinajstić information content (AvgIpc) is 2.93. The molecule has 2 amide bonds. The molecule has 0 aliphatic rings. The van der Waals surface area contributed by atoms with E-state index in [9.17, 15) is 18.0 Å². The van der Waals surface area contributed by atoms with Crippen LogP contribution < -0.4 is 14.4 Å². The number of benzene rings is 3. The van der Waals surface area contributed by atoms with Crippen molar-refractivity contribution in [3.8, 4) is 5.75 Å². The minimum atomic E-state index is -4.24. The van der Waals surface area contributed by atoms with Gasteiger partial charge < -0.3 is 15.0 Å². The molecule has 0 aliphatic carbocycles. The van der Waals surface area contributed by atoms with Crippen molar-refractivity contribution in [3.05, 3.63) is 88.9 Å². The maximum Gasteiger partial charge on any atom is 0.264 e. The first-order valence-electron chi connectivity index (χ1n) is 13.6. The topological polar surface area (TPSA) is 96.0 Å². The Hall–Kier alpha value is -3.56. The number of ether oxygens (including phenoxy) is 1. The van der Waals surface area contributed by atoms with Crippen molar-refractivity contribution < 1.29 is 22.7 Å². The number of para-hydroxylation sites is 2. The van der Waals surface area contributed by atoms with Crippen molar-refractivity contribution in [2.45, 2.75) is 64.6 Å². The Morgan fingerprint density at radius 3 is 2.17 bits per heavy atom. The first-order chi connectivity index (χ1) is 19.5. The van der Waals surface area contributed by atoms with Gasteiger partial charge >= 0.3 is 0 Å². The quantitative estimate of drug-likeness (QED) is 0.277. The van der Waals surface area contributed by atoms with Crippen LogP contribution in [0, 0.1) is 6.92 Å². The molecule has 0 saturated heterocycles. The molecule has 220 valence electrons. The summed E-state index contributed by atoms with van der Waals surface area (Å²) in [5.41, 5.74) is 2.10. The summed E-state index contributed by atoms with van der Waals surface area (Å²) in [6.07, 6.45) is 0.343. The number of nitrogens with zero attached hydrogens (tertiary/aromatic N) is 2. The largest absolute Gasteiger partial charge is 0.492 e. The standard InChI is InChI=1S/C31H38ClN3O5S/c1-6-27(31(37)33-22(3)4)34(20-24-14-12-23(5)13-15-24)30(36)21-35(28-10-8-9-11-29(28)40-7-2)41(38,39)26-18-16-25(32)17-19-26/h8-19,22,27H,6-7,20-21H2,1-5H3,(H,33,37)/t27-/m1/s1. The number of hydrogen-bond donors (Lipinski definition) is 1. The van der Waals surface area contributed by atoms with Crippen molar-refractivity contribution in [1.82, 2.24) is 10.2 Å². The molecule has 10 heteroatoms. The summed E-state index contributed by atoms with van der Waals surface area (Å²) in [4.78, 5) is 28.8. The number of nitrogens with one attached hydrogen (secondary N) is 1. The lowest BCUT2D eigenvalue weighted by Crippen LogP contribution is -2.53. The molecule has 0 heterocycles. The zero-order valence-electron chi connectivity index (χ0n) is 24.1. The SMILES string of the molecule is CCOc1ccccc1N(CC(=O)N(Cc1ccc(C)cc1)[C@H](CC)C(=O)NC(C)C)S(=O)(=O)c1ccc(Cl)cc1. The van der Waals surface area contributed by atoms with Gasteiger partial charge in [0.25, 0.3) is 10.0 Å². The van der Waals surface area contributed by atoms with Crippen LogP contribution in [0.3, 0.4) is 0 Å². The smallest absolute Gasteiger partial charge is 0.264 e. The van der Waals surface area contributed by atoms with Crippen LogP contribution in [0.25, 0.3) is 0 Å². The average molecular weight is 600 g/mol. The zero-order chi connectivity index (χ0) is 30.2. The summed E-state index contributed by atoms with van der Waals surface area (Å²) in [6, 6.07) is 19.1. The number of aryl methyl sites for hydroxylation is 1. The molecule has 0 radical (unpaired) electrons. The van der Waals surface area contributed by atoms with Crippen molar-refractivity contribution in [2.75, 3.05) is 17.5 Å². The van der Waals surface area contributed by atoms with Gasteiger partial charge in [0.15, 0.2) is 0 Å². The number of carbonyl (C=O) groups is 2. The van der Waals surface area contributed by atoms with Crippen LogP contribution in [0.2, 0.25) is 5.02 Å². The van der Waals surface area contributed by atoms with Crippen LogP contribution in [-0.2, 0) is 26.2 Å². The van der Waals surface area contributed by atoms with E-state index >= 15 is 0 Å². The van der Waals surface area contributed by atoms with E-state index in [1.54, 1.807) is 31.2 Å². The van der Waals surface area contributed by atoms with Gasteiger partial charge in [-0.1, -0.05) is 60.5 Å². The fourth-order valence-corrected chi connectivity index (χ4v) is 5.93. The van der Waals surface area contributed by atoms with E-state index in [2.05, 4.69) is 5.32 Å². The third-order valence-corrected chi connectivity index (χ3v) is 8.43. The lowest BCUT2D eigenvalue weighted by molar-refractivity contribution is -0.140. The highest BCUT2D eigenvalue weighted by atomic mass is 35.5. The Morgan fingerprint density at radius 1 is 0.951 bits per heavy atom. The van der Waals surface area contributed by atoms with Gasteiger partial charge in [-0.25, -0.2) is 8.42 Å². The molecule has 0 saturated carbocycles. The molecular formula is C31H38ClN3O5S. The van der Waals surface area contributed by atoms with Gasteiger partial charge in [-0.2, -0.15) is 0 Å². The van der Waals surface area contributed by atoms with Gasteiger partial charge in [-0.05, 0) is 76.1 Å². The Kier molecular flexibility index (Phi) is 11.2. The number of amides is 2. The molecule has 0 aliphatic heterocycles. The Morgan fingerprint density at radius 2 is 1.59 bits per heavy atom. The maximum absolute atomic E-state index is 14.2. The molecule has 1 atom stereocenters. The van der Waals surface area contributed by atoms with Crippen LogP contribution in [-0.4, -0.2) is 50.4 Å². The second-order valence-corrected chi connectivity index (χ2v) is 12.3. The molecule has 3 rings (SSSR count). The highest BCUT2D eigenvalue weighted by molar-refractivity contribution is 7.92. The first kappa shape index (κ1) is 32.0. The Labute approximate surface area is 248 Å². The number of hydrogen-bond acceptors (Lipinski definition) is 5. The van der Waals surface area contributed by atoms with Gasteiger partial charge in [0.1, 0.15) is 18.3 Å². The molecule has 8 nitrogen and oxygen atoms in total. The fraction of sp³-hybridized carbons (Fsp3) is 0.355. The van der Waals surface area contributed by atoms with E-state index in [0.29, 0.717) is 23.8 Å². The predicted molar refractivity (Wildman–Crippen MR) is 163 cm³/mol. The molecular weight excluding hydrogens is 562 g/mol. The maximum atomic E-state index is 14.2. The Balaban J connectivity index is 2.11. The molecule has 0 spiro atoms. The lowest BCUT2D eigenvalue weighted by atomic mass is 10.1. The molecule has 0 unspecified atom stereocenters. The minimum Gasteiger partial charge on any atom is -0.492 e. The highest BCUT2D eigenvalue weighted by Gasteiger charge is 2.34. The normalized spacial score (nSPS) is 12.1. The number of halogens is 1. The second kappa shape index (κ2) is 14.4. The zero-order valence-corrected chi connectivity index (χ0v) is 25.7. The number of rotatable bonds is 13. The summed E-state index contributed by atoms with van der Waals surface area (Å²) in [7, 11) is -4.24. The number of sulfonamides is 1. The summed E-state index contributed by atoms with van der Waals surface area (Å²) >= 11 is 6.03. The van der Waals surface area contributed by atoms with Gasteiger partial charge in [-0.3, -0.25) is 13.9 Å². The van der Waals surface area contributed by atoms with Crippen LogP contribution >= 0.6 is 11.6 Å². The van der Waals surface area contributed by atoms with Crippen molar-refractivity contribution in [3.63, 3.8) is 0 Å². The molecule has 1 N–H and O–H groups in total. The lowest BCUT2D eigenvalue weighted by Gasteiger charge is -2.34. The number of anilines is 1. The highest BCUT2D eigenvalue weighted by Crippen LogP contribution is 2.33. The van der Waals surface area contributed by atoms with Crippen LogP contribution in [0.4, 0.5) is 5.69 Å². The Bertz CT molecular complexity index is 1430. The van der Waals surface area contributed by atoms with E-state index < -0.39 is 28.5 Å². The fourth-order valence-electron chi connectivity index (χ4n) is 4.38. The van der Waals surface area contributed by atoms with E-state index in [4.69, 9.17) is 16.3 Å². The van der Waals surface area contributed by atoms with Gasteiger partial charge in [-0.15, -0.1) is 0 Å². The van der Waals surface area contributed by atoms with Crippen LogP contribution in [0.5, 0.6) is 5.75 Å². The molecule has 0 bridgehead atoms. The second-order valence-electron chi connectivity index (χ2n) is 9.96. The minimum absolute atomic E-state index is 0.0318. The third-order valence-electron chi connectivity index (χ3n) is 6.40. The molecule has 0 fully saturated rings. The van der Waals surface area contributed by atoms with E-state index in [1.807, 2.05) is 52.0 Å². The van der Waals surface area contributed by atoms with Crippen LogP contribution in [0.15, 0.2) is 77.7 Å². The van der Waals surface area contributed by atoms with E-state index in [-0.39, 0.29) is 29.1 Å². The van der Waals surface area contributed by atoms with Crippen LogP contribution in [0.1, 0.15) is 45.2 Å². The third kappa shape index (κ3) is 8.24. The number of carbonyl (C=O) groups excluding carboxylic acids is 2. The first-order valence-corrected chi connectivity index (χ1v) is 15.4. The van der Waals surface area contributed by atoms with Gasteiger partial charge in [0.2, 0.25) is 11.8 Å². The van der Waals surface area contributed by atoms with Crippen molar-refractivity contribution in [1.29, 1.82) is 0 Å². The van der Waals surface area contributed by atoms with Gasteiger partial charge in [0.05, 0.1) is 17.2 Å². The summed E-state index contributed by atoms with van der Waals surface area (Å²) < 4.78 is 34.9. The molecule has 3 aromatic rings. The summed E-state index contributed by atoms with van der Waals surface area (Å²) in [6.45, 7) is 9.16. The van der Waals surface area contributed by atoms with E-state index in [0.717, 1.165) is 15.4 Å². The predicted octanol–water partition coefficient (Wildman–Crippen LogP) is 5.57. The van der Waals surface area contributed by atoms with Crippen molar-refractivity contribution >= 4 is 39.1 Å².